The van der Waals surface area contributed by atoms with E-state index in [0.29, 0.717) is 75.4 Å². The highest BCUT2D eigenvalue weighted by Crippen LogP contribution is 2.33. The highest BCUT2D eigenvalue weighted by Gasteiger charge is 2.32. The Hall–Kier alpha value is -9.40. The summed E-state index contributed by atoms with van der Waals surface area (Å²) in [6.07, 6.45) is 3.65. The Balaban J connectivity index is 0.833. The molecular formula is C66H82BrN13O16S. The van der Waals surface area contributed by atoms with Crippen molar-refractivity contribution in [3.8, 4) is 28.4 Å². The van der Waals surface area contributed by atoms with Crippen molar-refractivity contribution in [1.29, 1.82) is 0 Å². The van der Waals surface area contributed by atoms with Crippen molar-refractivity contribution in [2.45, 2.75) is 90.8 Å². The quantitative estimate of drug-likeness (QED) is 0.0160. The first-order valence-corrected chi connectivity index (χ1v) is 33.6. The molecule has 520 valence electrons. The number of alkyl carbamates (subject to hydrolysis) is 1. The number of benzene rings is 3. The van der Waals surface area contributed by atoms with E-state index in [1.165, 1.54) is 32.9 Å². The summed E-state index contributed by atoms with van der Waals surface area (Å²) in [5.41, 5.74) is 11.1. The second-order valence-electron chi connectivity index (χ2n) is 23.4. The molecule has 0 spiro atoms. The summed E-state index contributed by atoms with van der Waals surface area (Å²) < 4.78 is 60.2. The maximum Gasteiger partial charge on any atom is 0.407 e. The first-order chi connectivity index (χ1) is 46.3. The van der Waals surface area contributed by atoms with Crippen LogP contribution in [-0.2, 0) is 70.8 Å². The lowest BCUT2D eigenvalue weighted by Gasteiger charge is -2.25. The van der Waals surface area contributed by atoms with E-state index in [-0.39, 0.29) is 115 Å². The molecule has 1 aliphatic heterocycles. The fourth-order valence-electron chi connectivity index (χ4n) is 9.24. The van der Waals surface area contributed by atoms with Crippen LogP contribution in [0.1, 0.15) is 81.3 Å². The van der Waals surface area contributed by atoms with Crippen LogP contribution < -0.4 is 47.1 Å². The van der Waals surface area contributed by atoms with E-state index in [2.05, 4.69) is 62.5 Å². The number of aromatic nitrogens is 4. The number of sulfonamides is 1. The summed E-state index contributed by atoms with van der Waals surface area (Å²) >= 11 is 3.37. The number of anilines is 2. The molecule has 2 unspecified atom stereocenters. The Morgan fingerprint density at radius 3 is 2.10 bits per heavy atom. The molecule has 2 atom stereocenters. The van der Waals surface area contributed by atoms with Gasteiger partial charge in [0.25, 0.3) is 17.7 Å². The SMILES string of the molecule is Cc1cccc(-c2nc(CNc3ccc(Br)c(C(=O)NS(=O)(=O)C(C)(C)C)c3)[nH]c2-c2ccc3ncc(OCCNC(=O)OCc4ccc(NC(=O)C(CCCNC(N)=O)NC(=O)C(NC(=O)CCOCCOCCOCCOCCN5C(=O)C=CC5=O)C(C)C)cc4)cc3c2)n1. The molecule has 0 aliphatic carbocycles. The van der Waals surface area contributed by atoms with Gasteiger partial charge < -0.3 is 71.0 Å². The van der Waals surface area contributed by atoms with E-state index in [1.54, 1.807) is 62.5 Å². The Kier molecular flexibility index (Phi) is 28.3. The number of H-pyrrole nitrogens is 1. The van der Waals surface area contributed by atoms with Crippen LogP contribution in [0.4, 0.5) is 21.0 Å². The third kappa shape index (κ3) is 23.7. The van der Waals surface area contributed by atoms with Gasteiger partial charge >= 0.3 is 12.1 Å². The van der Waals surface area contributed by atoms with Crippen molar-refractivity contribution >= 4 is 95.8 Å². The molecule has 0 radical (unpaired) electrons. The molecule has 10 N–H and O–H groups in total. The van der Waals surface area contributed by atoms with Gasteiger partial charge in [0.15, 0.2) is 0 Å². The number of imide groups is 1. The maximum atomic E-state index is 13.7. The number of nitrogens with two attached hydrogens (primary N) is 1. The van der Waals surface area contributed by atoms with E-state index < -0.39 is 62.6 Å². The molecule has 3 aromatic heterocycles. The molecular weight excluding hydrogens is 1340 g/mol. The van der Waals surface area contributed by atoms with Crippen LogP contribution in [0, 0.1) is 12.8 Å². The molecule has 1 aliphatic rings. The van der Waals surface area contributed by atoms with Gasteiger partial charge in [-0.15, -0.1) is 0 Å². The number of fused-ring (bicyclic) bond motifs is 1. The third-order valence-corrected chi connectivity index (χ3v) is 17.3. The second-order valence-corrected chi connectivity index (χ2v) is 26.7. The summed E-state index contributed by atoms with van der Waals surface area (Å²) in [4.78, 5) is 120. The predicted octanol–water partition coefficient (Wildman–Crippen LogP) is 5.93. The predicted molar refractivity (Wildman–Crippen MR) is 363 cm³/mol. The number of ether oxygens (including phenoxy) is 6. The number of nitrogens with one attached hydrogen (secondary N) is 8. The minimum atomic E-state index is -3.97. The second kappa shape index (κ2) is 36.6. The number of aryl methyl sites for hydroxylation is 1. The van der Waals surface area contributed by atoms with E-state index in [0.717, 1.165) is 21.5 Å². The van der Waals surface area contributed by atoms with Crippen LogP contribution in [0.25, 0.3) is 33.5 Å². The molecule has 31 heteroatoms. The Labute approximate surface area is 570 Å². The highest BCUT2D eigenvalue weighted by molar-refractivity contribution is 9.10. The lowest BCUT2D eigenvalue weighted by atomic mass is 10.0. The maximum absolute atomic E-state index is 13.7. The van der Waals surface area contributed by atoms with Crippen LogP contribution >= 0.6 is 15.9 Å². The molecule has 0 saturated heterocycles. The number of urea groups is 1. The van der Waals surface area contributed by atoms with Crippen LogP contribution in [0.15, 0.2) is 108 Å². The highest BCUT2D eigenvalue weighted by atomic mass is 79.9. The number of imidazole rings is 1. The van der Waals surface area contributed by atoms with E-state index >= 15 is 0 Å². The van der Waals surface area contributed by atoms with Gasteiger partial charge in [-0.25, -0.2) is 27.7 Å². The van der Waals surface area contributed by atoms with Crippen LogP contribution in [-0.4, -0.2) is 177 Å². The Morgan fingerprint density at radius 1 is 0.753 bits per heavy atom. The van der Waals surface area contributed by atoms with Crippen molar-refractivity contribution in [1.82, 2.24) is 50.8 Å². The van der Waals surface area contributed by atoms with Crippen LogP contribution in [0.2, 0.25) is 0 Å². The van der Waals surface area contributed by atoms with Gasteiger partial charge in [-0.1, -0.05) is 38.1 Å². The Bertz CT molecular complexity index is 3870. The van der Waals surface area contributed by atoms with Gasteiger partial charge in [0.05, 0.1) is 106 Å². The minimum Gasteiger partial charge on any atom is -0.490 e. The van der Waals surface area contributed by atoms with Gasteiger partial charge in [0, 0.05) is 57.6 Å². The average Bonchev–Trinajstić information content (AvgIpc) is 1.49. The first kappa shape index (κ1) is 75.0. The summed E-state index contributed by atoms with van der Waals surface area (Å²) in [5, 5.41) is 17.5. The number of primary amides is 1. The van der Waals surface area contributed by atoms with Gasteiger partial charge in [-0.2, -0.15) is 0 Å². The molecule has 97 heavy (non-hydrogen) atoms. The fraction of sp³-hybridized carbons (Fsp3) is 0.409. The number of nitrogens with zero attached hydrogens (tertiary/aromatic N) is 4. The van der Waals surface area contributed by atoms with Crippen LogP contribution in [0.5, 0.6) is 5.75 Å². The van der Waals surface area contributed by atoms with Gasteiger partial charge in [0.1, 0.15) is 42.6 Å². The summed E-state index contributed by atoms with van der Waals surface area (Å²) in [6, 6.07) is 21.9. The number of hydrogen-bond acceptors (Lipinski definition) is 20. The zero-order valence-corrected chi connectivity index (χ0v) is 57.2. The zero-order valence-electron chi connectivity index (χ0n) is 54.8. The normalized spacial score (nSPS) is 12.9. The molecule has 4 heterocycles. The summed E-state index contributed by atoms with van der Waals surface area (Å²) in [7, 11) is -3.97. The molecule has 3 aromatic carbocycles. The molecule has 29 nitrogen and oxygen atoms in total. The number of hydrogen-bond donors (Lipinski definition) is 9. The monoisotopic (exact) mass is 1420 g/mol. The largest absolute Gasteiger partial charge is 0.490 e. The van der Waals surface area contributed by atoms with E-state index in [9.17, 15) is 46.8 Å². The number of carbonyl (C=O) groups is 8. The van der Waals surface area contributed by atoms with Crippen molar-refractivity contribution in [2.75, 3.05) is 89.7 Å². The number of aromatic amines is 1. The molecule has 7 rings (SSSR count). The van der Waals surface area contributed by atoms with Crippen LogP contribution in [0.3, 0.4) is 0 Å². The van der Waals surface area contributed by atoms with Gasteiger partial charge in [-0.3, -0.25) is 43.6 Å². The number of halogens is 1. The number of pyridine rings is 2. The zero-order chi connectivity index (χ0) is 70.1. The smallest absolute Gasteiger partial charge is 0.407 e. The summed E-state index contributed by atoms with van der Waals surface area (Å²) in [6.45, 7) is 12.3. The molecule has 6 aromatic rings. The van der Waals surface area contributed by atoms with Crippen molar-refractivity contribution < 1.29 is 75.2 Å². The molecule has 0 saturated carbocycles. The lowest BCUT2D eigenvalue weighted by Crippen LogP contribution is -2.54. The molecule has 9 amide bonds. The lowest BCUT2D eigenvalue weighted by molar-refractivity contribution is -0.137. The van der Waals surface area contributed by atoms with Crippen molar-refractivity contribution in [2.24, 2.45) is 11.7 Å². The van der Waals surface area contributed by atoms with E-state index in [1.807, 2.05) is 49.4 Å². The standard InChI is InChI=1S/C66H82BrN13O16S/c1-41(2)58(78-55(81)22-26-91-29-31-93-33-34-94-32-30-92-28-25-80-56(82)20-21-57(80)83)63(86)75-53(11-8-23-69-64(68)87)62(85)74-46-15-12-43(13-16-46)40-96-65(88)70-24-27-95-48-36-45-35-44(14-19-51(45)72-38-48)59-60(52-10-7-9-42(3)73-52)77-54(76-59)39-71-47-17-18-50(67)49(37-47)61(84)79-97(89,90)66(4,5)6/h7,9-10,12-21,35-38,41,53,58,71H,8,11,22-34,39-40H2,1-6H3,(H,70,88)(H,74,85)(H,75,86)(H,76,77)(H,78,81)(H,79,84)(H3,68,69,87). The summed E-state index contributed by atoms with van der Waals surface area (Å²) in [5.74, 6) is -2.48. The molecule has 0 fully saturated rings. The van der Waals surface area contributed by atoms with Gasteiger partial charge in [-0.05, 0) is 129 Å². The average molecular weight is 1430 g/mol. The minimum absolute atomic E-state index is 0.0491. The Morgan fingerprint density at radius 2 is 1.43 bits per heavy atom. The number of rotatable bonds is 38. The number of amides is 9. The number of carbonyl (C=O) groups excluding carboxylic acids is 8. The van der Waals surface area contributed by atoms with Crippen molar-refractivity contribution in [3.63, 3.8) is 0 Å². The molecule has 0 bridgehead atoms. The topological polar surface area (TPSA) is 394 Å². The first-order valence-electron chi connectivity index (χ1n) is 31.3. The van der Waals surface area contributed by atoms with Crippen molar-refractivity contribution in [3.05, 3.63) is 130 Å². The van der Waals surface area contributed by atoms with Gasteiger partial charge in [0.2, 0.25) is 27.7 Å². The van der Waals surface area contributed by atoms with E-state index in [4.69, 9.17) is 44.1 Å². The third-order valence-electron chi connectivity index (χ3n) is 14.6. The fourth-order valence-corrected chi connectivity index (χ4v) is 10.3.